The normalized spacial score (nSPS) is 19.7. The third kappa shape index (κ3) is 5.16. The molecule has 4 nitrogen and oxygen atoms in total. The lowest BCUT2D eigenvalue weighted by Gasteiger charge is -2.25. The van der Waals surface area contributed by atoms with Crippen LogP contribution in [0.2, 0.25) is 0 Å². The van der Waals surface area contributed by atoms with Crippen molar-refractivity contribution in [2.75, 3.05) is 13.1 Å². The molecule has 128 valence electrons. The standard InChI is InChI=1S/C17H24F2N2O2/c1-11(12-7-13(18)9-14(19)8-12)20-15-5-6-21(10-15)16(22)23-17(2,3)4/h7-9,11,15,20H,5-6,10H2,1-4H3. The van der Waals surface area contributed by atoms with Gasteiger partial charge in [0.1, 0.15) is 17.2 Å². The number of carbonyl (C=O) groups is 1. The molecule has 6 heteroatoms. The molecule has 1 aliphatic rings. The summed E-state index contributed by atoms with van der Waals surface area (Å²) >= 11 is 0. The van der Waals surface area contributed by atoms with Gasteiger partial charge in [0.05, 0.1) is 0 Å². The molecule has 0 aromatic heterocycles. The average molecular weight is 326 g/mol. The first-order valence-corrected chi connectivity index (χ1v) is 7.84. The number of halogens is 2. The summed E-state index contributed by atoms with van der Waals surface area (Å²) in [4.78, 5) is 13.7. The maximum Gasteiger partial charge on any atom is 0.410 e. The molecule has 1 aromatic rings. The number of nitrogens with zero attached hydrogens (tertiary/aromatic N) is 1. The number of rotatable bonds is 3. The van der Waals surface area contributed by atoms with Gasteiger partial charge in [0.25, 0.3) is 0 Å². The lowest BCUT2D eigenvalue weighted by Crippen LogP contribution is -2.39. The van der Waals surface area contributed by atoms with Crippen LogP contribution < -0.4 is 5.32 Å². The number of hydrogen-bond donors (Lipinski definition) is 1. The summed E-state index contributed by atoms with van der Waals surface area (Å²) in [6.07, 6.45) is 0.452. The molecule has 1 fully saturated rings. The van der Waals surface area contributed by atoms with Crippen LogP contribution in [0.15, 0.2) is 18.2 Å². The fourth-order valence-electron chi connectivity index (χ4n) is 2.66. The number of amides is 1. The van der Waals surface area contributed by atoms with E-state index in [1.54, 1.807) is 4.90 Å². The van der Waals surface area contributed by atoms with Gasteiger partial charge in [0.15, 0.2) is 0 Å². The summed E-state index contributed by atoms with van der Waals surface area (Å²) in [7, 11) is 0. The molecule has 23 heavy (non-hydrogen) atoms. The van der Waals surface area contributed by atoms with Crippen LogP contribution in [0.25, 0.3) is 0 Å². The van der Waals surface area contributed by atoms with Gasteiger partial charge in [0.2, 0.25) is 0 Å². The van der Waals surface area contributed by atoms with E-state index in [2.05, 4.69) is 5.32 Å². The summed E-state index contributed by atoms with van der Waals surface area (Å²) in [5.41, 5.74) is 0.0350. The molecule has 0 spiro atoms. The Morgan fingerprint density at radius 3 is 2.48 bits per heavy atom. The van der Waals surface area contributed by atoms with Gasteiger partial charge in [-0.05, 0) is 51.8 Å². The first-order valence-electron chi connectivity index (χ1n) is 7.84. The van der Waals surface area contributed by atoms with E-state index in [4.69, 9.17) is 4.74 Å². The van der Waals surface area contributed by atoms with Crippen molar-refractivity contribution in [1.82, 2.24) is 10.2 Å². The molecule has 1 N–H and O–H groups in total. The molecule has 1 amide bonds. The Morgan fingerprint density at radius 1 is 1.30 bits per heavy atom. The maximum atomic E-state index is 13.3. The molecule has 1 aromatic carbocycles. The monoisotopic (exact) mass is 326 g/mol. The van der Waals surface area contributed by atoms with Gasteiger partial charge in [-0.3, -0.25) is 0 Å². The summed E-state index contributed by atoms with van der Waals surface area (Å²) in [5, 5.41) is 3.31. The first kappa shape index (κ1) is 17.7. The Hall–Kier alpha value is -1.69. The smallest absolute Gasteiger partial charge is 0.410 e. The maximum absolute atomic E-state index is 13.3. The molecule has 2 rings (SSSR count). The molecule has 0 aliphatic carbocycles. The minimum atomic E-state index is -0.588. The summed E-state index contributed by atoms with van der Waals surface area (Å²) < 4.78 is 31.9. The quantitative estimate of drug-likeness (QED) is 0.922. The second kappa shape index (κ2) is 6.83. The second-order valence-electron chi connectivity index (χ2n) is 7.00. The van der Waals surface area contributed by atoms with Crippen LogP contribution in [0.3, 0.4) is 0 Å². The van der Waals surface area contributed by atoms with E-state index in [0.29, 0.717) is 18.7 Å². The molecular weight excluding hydrogens is 302 g/mol. The third-order valence-corrected chi connectivity index (χ3v) is 3.71. The highest BCUT2D eigenvalue weighted by Crippen LogP contribution is 2.20. The number of benzene rings is 1. The van der Waals surface area contributed by atoms with Crippen LogP contribution >= 0.6 is 0 Å². The van der Waals surface area contributed by atoms with Crippen molar-refractivity contribution in [1.29, 1.82) is 0 Å². The predicted octanol–water partition coefficient (Wildman–Crippen LogP) is 3.62. The Labute approximate surface area is 135 Å². The molecule has 1 aliphatic heterocycles. The minimum absolute atomic E-state index is 0.0730. The van der Waals surface area contributed by atoms with E-state index in [-0.39, 0.29) is 18.2 Å². The van der Waals surface area contributed by atoms with Gasteiger partial charge < -0.3 is 15.0 Å². The Bertz CT molecular complexity index is 552. The number of ether oxygens (including phenoxy) is 1. The first-order chi connectivity index (χ1) is 10.6. The van der Waals surface area contributed by atoms with Crippen LogP contribution in [0, 0.1) is 11.6 Å². The Morgan fingerprint density at radius 2 is 1.91 bits per heavy atom. The lowest BCUT2D eigenvalue weighted by molar-refractivity contribution is 0.0290. The molecule has 1 saturated heterocycles. The van der Waals surface area contributed by atoms with Crippen molar-refractivity contribution in [3.8, 4) is 0 Å². The highest BCUT2D eigenvalue weighted by atomic mass is 19.1. The van der Waals surface area contributed by atoms with E-state index in [1.165, 1.54) is 12.1 Å². The fourth-order valence-corrected chi connectivity index (χ4v) is 2.66. The predicted molar refractivity (Wildman–Crippen MR) is 84.1 cm³/mol. The van der Waals surface area contributed by atoms with Gasteiger partial charge in [0, 0.05) is 31.2 Å². The third-order valence-electron chi connectivity index (χ3n) is 3.71. The van der Waals surface area contributed by atoms with Crippen molar-refractivity contribution < 1.29 is 18.3 Å². The number of hydrogen-bond acceptors (Lipinski definition) is 3. The van der Waals surface area contributed by atoms with Gasteiger partial charge in [-0.15, -0.1) is 0 Å². The van der Waals surface area contributed by atoms with E-state index in [9.17, 15) is 13.6 Å². The van der Waals surface area contributed by atoms with Crippen LogP contribution in [0.5, 0.6) is 0 Å². The average Bonchev–Trinajstić information content (AvgIpc) is 2.84. The van der Waals surface area contributed by atoms with Crippen LogP contribution in [-0.2, 0) is 4.74 Å². The van der Waals surface area contributed by atoms with E-state index in [0.717, 1.165) is 12.5 Å². The summed E-state index contributed by atoms with van der Waals surface area (Å²) in [5.74, 6) is -1.18. The lowest BCUT2D eigenvalue weighted by atomic mass is 10.1. The number of nitrogens with one attached hydrogen (secondary N) is 1. The Kier molecular flexibility index (Phi) is 5.24. The van der Waals surface area contributed by atoms with Crippen LogP contribution in [0.4, 0.5) is 13.6 Å². The fraction of sp³-hybridized carbons (Fsp3) is 0.588. The van der Waals surface area contributed by atoms with Crippen molar-refractivity contribution >= 4 is 6.09 Å². The van der Waals surface area contributed by atoms with Crippen molar-refractivity contribution in [2.24, 2.45) is 0 Å². The zero-order valence-electron chi connectivity index (χ0n) is 14.0. The number of likely N-dealkylation sites (tertiary alicyclic amines) is 1. The highest BCUT2D eigenvalue weighted by molar-refractivity contribution is 5.68. The zero-order chi connectivity index (χ0) is 17.2. The SMILES string of the molecule is CC(NC1CCN(C(=O)OC(C)(C)C)C1)c1cc(F)cc(F)c1. The molecule has 0 bridgehead atoms. The van der Waals surface area contributed by atoms with Crippen LogP contribution in [0.1, 0.15) is 45.7 Å². The largest absolute Gasteiger partial charge is 0.444 e. The Balaban J connectivity index is 1.91. The number of carbonyl (C=O) groups excluding carboxylic acids is 1. The van der Waals surface area contributed by atoms with Crippen molar-refractivity contribution in [2.45, 2.75) is 51.8 Å². The molecule has 2 unspecified atom stereocenters. The molecule has 1 heterocycles. The summed E-state index contributed by atoms with van der Waals surface area (Å²) in [6, 6.07) is 3.37. The van der Waals surface area contributed by atoms with Gasteiger partial charge in [-0.1, -0.05) is 0 Å². The van der Waals surface area contributed by atoms with Gasteiger partial charge >= 0.3 is 6.09 Å². The molecule has 2 atom stereocenters. The highest BCUT2D eigenvalue weighted by Gasteiger charge is 2.30. The molecule has 0 radical (unpaired) electrons. The van der Waals surface area contributed by atoms with Crippen molar-refractivity contribution in [3.05, 3.63) is 35.4 Å². The zero-order valence-corrected chi connectivity index (χ0v) is 14.0. The van der Waals surface area contributed by atoms with Gasteiger partial charge in [-0.25, -0.2) is 13.6 Å². The molecular formula is C17H24F2N2O2. The van der Waals surface area contributed by atoms with E-state index >= 15 is 0 Å². The van der Waals surface area contributed by atoms with Gasteiger partial charge in [-0.2, -0.15) is 0 Å². The second-order valence-corrected chi connectivity index (χ2v) is 7.00. The summed E-state index contributed by atoms with van der Waals surface area (Å²) in [6.45, 7) is 8.48. The molecule has 0 saturated carbocycles. The van der Waals surface area contributed by atoms with Crippen molar-refractivity contribution in [3.63, 3.8) is 0 Å². The van der Waals surface area contributed by atoms with Crippen LogP contribution in [-0.4, -0.2) is 35.7 Å². The van der Waals surface area contributed by atoms with E-state index < -0.39 is 17.2 Å². The minimum Gasteiger partial charge on any atom is -0.444 e. The topological polar surface area (TPSA) is 41.6 Å². The van der Waals surface area contributed by atoms with E-state index in [1.807, 2.05) is 27.7 Å².